The molecule has 0 saturated heterocycles. The summed E-state index contributed by atoms with van der Waals surface area (Å²) in [4.78, 5) is 11.6. The zero-order valence-corrected chi connectivity index (χ0v) is 11.3. The van der Waals surface area contributed by atoms with Crippen LogP contribution in [0.25, 0.3) is 0 Å². The van der Waals surface area contributed by atoms with E-state index in [1.54, 1.807) is 0 Å². The van der Waals surface area contributed by atoms with Gasteiger partial charge in [-0.25, -0.2) is 0 Å². The number of nitrogens with one attached hydrogen (secondary N) is 2. The molecular formula is C13H26N2O2. The molecule has 1 saturated carbocycles. The second-order valence-corrected chi connectivity index (χ2v) is 6.27. The van der Waals surface area contributed by atoms with Gasteiger partial charge < -0.3 is 15.7 Å². The van der Waals surface area contributed by atoms with Gasteiger partial charge in [-0.2, -0.15) is 0 Å². The maximum atomic E-state index is 11.6. The highest BCUT2D eigenvalue weighted by atomic mass is 16.3. The van der Waals surface area contributed by atoms with Gasteiger partial charge in [-0.3, -0.25) is 4.79 Å². The summed E-state index contributed by atoms with van der Waals surface area (Å²) in [6, 6.07) is 0. The summed E-state index contributed by atoms with van der Waals surface area (Å²) in [5.74, 6) is 0.0172. The summed E-state index contributed by atoms with van der Waals surface area (Å²) in [6.45, 7) is 7.20. The van der Waals surface area contributed by atoms with Crippen molar-refractivity contribution in [2.24, 2.45) is 5.41 Å². The van der Waals surface area contributed by atoms with Crippen molar-refractivity contribution in [1.29, 1.82) is 0 Å². The molecule has 0 spiro atoms. The first-order valence-corrected chi connectivity index (χ1v) is 6.50. The molecule has 0 bridgehead atoms. The number of aliphatic hydroxyl groups excluding tert-OH is 1. The Bertz CT molecular complexity index is 253. The molecule has 0 atom stereocenters. The Balaban J connectivity index is 2.25. The fraction of sp³-hybridized carbons (Fsp3) is 0.923. The molecule has 0 aromatic carbocycles. The van der Waals surface area contributed by atoms with E-state index < -0.39 is 0 Å². The third-order valence-electron chi connectivity index (χ3n) is 3.30. The maximum absolute atomic E-state index is 11.6. The lowest BCUT2D eigenvalue weighted by Gasteiger charge is -2.27. The number of hydrogen-bond acceptors (Lipinski definition) is 3. The van der Waals surface area contributed by atoms with Crippen molar-refractivity contribution in [2.75, 3.05) is 19.7 Å². The van der Waals surface area contributed by atoms with E-state index in [0.29, 0.717) is 6.54 Å². The Morgan fingerprint density at radius 2 is 1.88 bits per heavy atom. The first kappa shape index (κ1) is 14.5. The summed E-state index contributed by atoms with van der Waals surface area (Å²) < 4.78 is 0. The van der Waals surface area contributed by atoms with Crippen LogP contribution in [0.1, 0.15) is 46.5 Å². The minimum absolute atomic E-state index is 0.0159. The van der Waals surface area contributed by atoms with Gasteiger partial charge >= 0.3 is 0 Å². The van der Waals surface area contributed by atoms with Gasteiger partial charge in [-0.15, -0.1) is 0 Å². The second-order valence-electron chi connectivity index (χ2n) is 6.27. The van der Waals surface area contributed by atoms with Crippen LogP contribution in [-0.4, -0.2) is 36.2 Å². The van der Waals surface area contributed by atoms with Gasteiger partial charge in [-0.1, -0.05) is 12.8 Å². The molecule has 0 aliphatic heterocycles. The summed E-state index contributed by atoms with van der Waals surface area (Å²) >= 11 is 0. The van der Waals surface area contributed by atoms with E-state index in [1.807, 2.05) is 20.8 Å². The molecule has 4 nitrogen and oxygen atoms in total. The zero-order chi connectivity index (χ0) is 12.9. The standard InChI is InChI=1S/C13H26N2O2/c1-12(2,3)15-11(17)8-14-9-13(10-16)6-4-5-7-13/h14,16H,4-10H2,1-3H3,(H,15,17). The van der Waals surface area contributed by atoms with E-state index in [-0.39, 0.29) is 23.5 Å². The fourth-order valence-electron chi connectivity index (χ4n) is 2.42. The van der Waals surface area contributed by atoms with Gasteiger partial charge in [0.05, 0.1) is 6.54 Å². The first-order chi connectivity index (χ1) is 7.87. The van der Waals surface area contributed by atoms with Gasteiger partial charge in [-0.05, 0) is 33.6 Å². The largest absolute Gasteiger partial charge is 0.396 e. The van der Waals surface area contributed by atoms with Crippen LogP contribution in [0.15, 0.2) is 0 Å². The van der Waals surface area contributed by atoms with Crippen LogP contribution in [0.3, 0.4) is 0 Å². The molecule has 4 heteroatoms. The summed E-state index contributed by atoms with van der Waals surface area (Å²) in [5, 5.41) is 15.5. The molecule has 0 aromatic rings. The lowest BCUT2D eigenvalue weighted by Crippen LogP contribution is -2.46. The van der Waals surface area contributed by atoms with Crippen molar-refractivity contribution in [1.82, 2.24) is 10.6 Å². The second kappa shape index (κ2) is 5.83. The number of amides is 1. The van der Waals surface area contributed by atoms with Crippen LogP contribution < -0.4 is 10.6 Å². The number of aliphatic hydroxyl groups is 1. The summed E-state index contributed by atoms with van der Waals surface area (Å²) in [5.41, 5.74) is -0.164. The van der Waals surface area contributed by atoms with Gasteiger partial charge in [0.25, 0.3) is 0 Å². The normalized spacial score (nSPS) is 19.3. The highest BCUT2D eigenvalue weighted by molar-refractivity contribution is 5.78. The van der Waals surface area contributed by atoms with Crippen LogP contribution in [0.4, 0.5) is 0 Å². The molecule has 3 N–H and O–H groups in total. The molecule has 0 unspecified atom stereocenters. The van der Waals surface area contributed by atoms with E-state index in [4.69, 9.17) is 0 Å². The zero-order valence-electron chi connectivity index (χ0n) is 11.3. The van der Waals surface area contributed by atoms with Crippen LogP contribution in [0, 0.1) is 5.41 Å². The molecule has 1 amide bonds. The predicted molar refractivity (Wildman–Crippen MR) is 68.8 cm³/mol. The Morgan fingerprint density at radius 1 is 1.29 bits per heavy atom. The first-order valence-electron chi connectivity index (χ1n) is 6.50. The summed E-state index contributed by atoms with van der Waals surface area (Å²) in [7, 11) is 0. The molecule has 0 radical (unpaired) electrons. The van der Waals surface area contributed by atoms with Crippen molar-refractivity contribution < 1.29 is 9.90 Å². The van der Waals surface area contributed by atoms with E-state index >= 15 is 0 Å². The molecule has 1 aliphatic carbocycles. The van der Waals surface area contributed by atoms with Crippen LogP contribution >= 0.6 is 0 Å². The Morgan fingerprint density at radius 3 is 2.35 bits per heavy atom. The molecule has 1 aliphatic rings. The Kier molecular flexibility index (Phi) is 4.95. The van der Waals surface area contributed by atoms with Gasteiger partial charge in [0, 0.05) is 24.1 Å². The monoisotopic (exact) mass is 242 g/mol. The number of hydrogen-bond donors (Lipinski definition) is 3. The lowest BCUT2D eigenvalue weighted by atomic mass is 9.87. The molecular weight excluding hydrogens is 216 g/mol. The quantitative estimate of drug-likeness (QED) is 0.675. The molecule has 0 aromatic heterocycles. The highest BCUT2D eigenvalue weighted by Gasteiger charge is 2.32. The SMILES string of the molecule is CC(C)(C)NC(=O)CNCC1(CO)CCCC1. The molecule has 100 valence electrons. The topological polar surface area (TPSA) is 61.4 Å². The molecule has 17 heavy (non-hydrogen) atoms. The van der Waals surface area contributed by atoms with Crippen LogP contribution in [-0.2, 0) is 4.79 Å². The van der Waals surface area contributed by atoms with Gasteiger partial charge in [0.1, 0.15) is 0 Å². The molecule has 0 heterocycles. The van der Waals surface area contributed by atoms with Gasteiger partial charge in [0.15, 0.2) is 0 Å². The van der Waals surface area contributed by atoms with Crippen molar-refractivity contribution in [3.05, 3.63) is 0 Å². The van der Waals surface area contributed by atoms with Crippen molar-refractivity contribution in [3.8, 4) is 0 Å². The number of rotatable bonds is 5. The third-order valence-corrected chi connectivity index (χ3v) is 3.30. The van der Waals surface area contributed by atoms with E-state index in [0.717, 1.165) is 19.4 Å². The highest BCUT2D eigenvalue weighted by Crippen LogP contribution is 2.36. The Hall–Kier alpha value is -0.610. The van der Waals surface area contributed by atoms with E-state index in [9.17, 15) is 9.90 Å². The predicted octanol–water partition coefficient (Wildman–Crippen LogP) is 1.04. The van der Waals surface area contributed by atoms with Gasteiger partial charge in [0.2, 0.25) is 5.91 Å². The smallest absolute Gasteiger partial charge is 0.234 e. The average molecular weight is 242 g/mol. The molecule has 1 fully saturated rings. The average Bonchev–Trinajstić information content (AvgIpc) is 2.64. The van der Waals surface area contributed by atoms with Crippen molar-refractivity contribution >= 4 is 5.91 Å². The van der Waals surface area contributed by atoms with Crippen molar-refractivity contribution in [3.63, 3.8) is 0 Å². The third kappa shape index (κ3) is 5.04. The number of carbonyl (C=O) groups excluding carboxylic acids is 1. The van der Waals surface area contributed by atoms with Crippen LogP contribution in [0.5, 0.6) is 0 Å². The molecule has 1 rings (SSSR count). The fourth-order valence-corrected chi connectivity index (χ4v) is 2.42. The minimum Gasteiger partial charge on any atom is -0.396 e. The van der Waals surface area contributed by atoms with E-state index in [1.165, 1.54) is 12.8 Å². The minimum atomic E-state index is -0.180. The Labute approximate surface area is 104 Å². The lowest BCUT2D eigenvalue weighted by molar-refractivity contribution is -0.121. The maximum Gasteiger partial charge on any atom is 0.234 e. The van der Waals surface area contributed by atoms with Crippen LogP contribution in [0.2, 0.25) is 0 Å². The summed E-state index contributed by atoms with van der Waals surface area (Å²) in [6.07, 6.45) is 4.52. The van der Waals surface area contributed by atoms with Crippen molar-refractivity contribution in [2.45, 2.75) is 52.0 Å². The van der Waals surface area contributed by atoms with E-state index in [2.05, 4.69) is 10.6 Å². The number of carbonyl (C=O) groups is 1.